The number of methoxy groups -OCH3 is 4. The summed E-state index contributed by atoms with van der Waals surface area (Å²) in [4.78, 5) is 25.3. The van der Waals surface area contributed by atoms with Gasteiger partial charge in [-0.15, -0.1) is 0 Å². The molecule has 0 bridgehead atoms. The number of nitrogens with one attached hydrogen (secondary N) is 1. The molecule has 28 heteroatoms. The number of carbonyl (C=O) groups excluding carboxylic acids is 2. The van der Waals surface area contributed by atoms with Crippen LogP contribution in [-0.4, -0.2) is 172 Å². The van der Waals surface area contributed by atoms with Gasteiger partial charge in [0, 0.05) is 106 Å². The third-order valence-corrected chi connectivity index (χ3v) is 17.0. The number of carbonyl (C=O) groups is 2. The fourth-order valence-corrected chi connectivity index (χ4v) is 11.5. The molecule has 532 valence electrons. The van der Waals surface area contributed by atoms with E-state index in [1.807, 2.05) is 148 Å². The van der Waals surface area contributed by atoms with E-state index >= 15 is 0 Å². The van der Waals surface area contributed by atoms with Gasteiger partial charge in [0.25, 0.3) is 3.79 Å². The summed E-state index contributed by atoms with van der Waals surface area (Å²) in [5.41, 5.74) is 3.05. The van der Waals surface area contributed by atoms with E-state index in [0.29, 0.717) is 18.1 Å². The molecule has 16 unspecified atom stereocenters. The Morgan fingerprint density at radius 3 is 1.19 bits per heavy atom. The molecule has 4 aliphatic rings. The van der Waals surface area contributed by atoms with Crippen molar-refractivity contribution in [1.82, 2.24) is 0 Å². The van der Waals surface area contributed by atoms with Crippen molar-refractivity contribution in [3.8, 4) is 23.0 Å². The molecule has 16 atom stereocenters. The first-order valence-corrected chi connectivity index (χ1v) is 32.7. The largest absolute Gasteiger partial charge is 0.497 e. The minimum absolute atomic E-state index is 0. The van der Waals surface area contributed by atoms with Crippen LogP contribution in [0.3, 0.4) is 0 Å². The van der Waals surface area contributed by atoms with Crippen molar-refractivity contribution in [2.45, 2.75) is 162 Å². The number of alkyl halides is 3. The Hall–Kier alpha value is -3.03. The maximum Gasteiger partial charge on any atom is 0.303 e. The summed E-state index contributed by atoms with van der Waals surface area (Å²) in [6.45, 7) is 11.8. The molecule has 0 aromatic heterocycles. The molecule has 4 saturated heterocycles. The van der Waals surface area contributed by atoms with Gasteiger partial charge in [0.15, 0.2) is 24.8 Å². The summed E-state index contributed by atoms with van der Waals surface area (Å²) in [5.74, 6) is 0.525. The molecule has 0 aliphatic carbocycles. The van der Waals surface area contributed by atoms with Crippen molar-refractivity contribution in [3.63, 3.8) is 0 Å². The third-order valence-electron chi connectivity index (χ3n) is 15.3. The molecular formula is C68H86Ar2Cl3NO21S. The summed E-state index contributed by atoms with van der Waals surface area (Å²) in [7, 11) is 6.41. The van der Waals surface area contributed by atoms with Crippen LogP contribution in [0.15, 0.2) is 132 Å². The molecule has 4 aliphatic heterocycles. The van der Waals surface area contributed by atoms with E-state index in [2.05, 4.69) is 0 Å². The van der Waals surface area contributed by atoms with Crippen molar-refractivity contribution in [3.05, 3.63) is 150 Å². The van der Waals surface area contributed by atoms with E-state index in [1.165, 1.54) is 25.6 Å². The van der Waals surface area contributed by atoms with Crippen LogP contribution in [0.25, 0.3) is 0 Å². The van der Waals surface area contributed by atoms with Crippen LogP contribution in [-0.2, 0) is 97.6 Å². The van der Waals surface area contributed by atoms with Gasteiger partial charge in [-0.2, -0.15) is 0 Å². The number of benzene rings is 5. The molecule has 5 aromatic rings. The van der Waals surface area contributed by atoms with Gasteiger partial charge in [-0.05, 0) is 82.9 Å². The summed E-state index contributed by atoms with van der Waals surface area (Å²) < 4.78 is 97.2. The van der Waals surface area contributed by atoms with Crippen LogP contribution in [0.5, 0.6) is 23.0 Å². The second-order valence-corrected chi connectivity index (χ2v) is 25.6. The van der Waals surface area contributed by atoms with Crippen molar-refractivity contribution >= 4 is 64.4 Å². The van der Waals surface area contributed by atoms with Crippen LogP contribution in [0.4, 0.5) is 0 Å². The topological polar surface area (TPSA) is 255 Å². The number of hydrogen-bond acceptors (Lipinski definition) is 23. The first-order valence-electron chi connectivity index (χ1n) is 30.7. The maximum atomic E-state index is 12.2. The SMILES string of the molecule is CC.COc1ccc(COC2COC(OC3C(C)COC(OC(=N)C(Cl)(Cl)Cl)C3OC(C)=O)C(O)C2OCc2ccc(OC)cc2)cc1.COc1ccc(COC2COC(OC3C(C)COC(Sc4ccccc4)C3OC(C)=O)C(O)C2OCc2ccc(OC)cc2)cc1.[Ar].[Ar]. The number of aliphatic hydroxyl groups is 2. The number of aliphatic hydroxyl groups excluding tert-OH is 2. The zero-order valence-corrected chi connectivity index (χ0v) is 59.4. The first-order chi connectivity index (χ1) is 45.2. The van der Waals surface area contributed by atoms with E-state index in [-0.39, 0.29) is 134 Å². The maximum absolute atomic E-state index is 12.2. The second-order valence-electron chi connectivity index (χ2n) is 22.1. The summed E-state index contributed by atoms with van der Waals surface area (Å²) in [5, 5.41) is 31.2. The Labute approximate surface area is 640 Å². The smallest absolute Gasteiger partial charge is 0.303 e. The molecule has 4 fully saturated rings. The zero-order chi connectivity index (χ0) is 67.9. The number of hydrogen-bond donors (Lipinski definition) is 3. The van der Waals surface area contributed by atoms with Crippen LogP contribution >= 0.6 is 46.6 Å². The number of ether oxygens (including phenoxy) is 17. The number of thioether (sulfide) groups is 1. The summed E-state index contributed by atoms with van der Waals surface area (Å²) >= 11 is 18.8. The Balaban J connectivity index is 0.000000332. The first kappa shape index (κ1) is 83.6. The zero-order valence-electron chi connectivity index (χ0n) is 54.9. The van der Waals surface area contributed by atoms with Crippen LogP contribution in [0, 0.1) is 92.7 Å². The Kier molecular flexibility index (Phi) is 36.9. The Morgan fingerprint density at radius 2 is 0.823 bits per heavy atom. The predicted molar refractivity (Wildman–Crippen MR) is 349 cm³/mol. The van der Waals surface area contributed by atoms with Gasteiger partial charge in [-0.1, -0.05) is 141 Å². The third kappa shape index (κ3) is 25.2. The fourth-order valence-electron chi connectivity index (χ4n) is 10.3. The minimum atomic E-state index is -2.18. The van der Waals surface area contributed by atoms with Crippen molar-refractivity contribution in [2.75, 3.05) is 54.9 Å². The molecule has 3 N–H and O–H groups in total. The van der Waals surface area contributed by atoms with Crippen molar-refractivity contribution in [2.24, 2.45) is 11.8 Å². The predicted octanol–water partition coefficient (Wildman–Crippen LogP) is 10.6. The van der Waals surface area contributed by atoms with Gasteiger partial charge in [0.05, 0.1) is 81.3 Å². The number of halogens is 3. The van der Waals surface area contributed by atoms with E-state index in [0.717, 1.165) is 38.6 Å². The quantitative estimate of drug-likeness (QED) is 0.0212. The van der Waals surface area contributed by atoms with Gasteiger partial charge < -0.3 is 90.7 Å². The van der Waals surface area contributed by atoms with Crippen LogP contribution in [0.1, 0.15) is 63.8 Å². The van der Waals surface area contributed by atoms with Gasteiger partial charge in [-0.25, -0.2) is 0 Å². The molecular weight excluding hydrogens is 1390 g/mol. The van der Waals surface area contributed by atoms with Gasteiger partial charge in [-0.3, -0.25) is 15.0 Å². The Bertz CT molecular complexity index is 3060. The standard InChI is InChI=1S/C35H42O10S.C31H38Cl3NO11.C2H6.2Ar/c1-22-18-43-35(46-28-8-6-5-7-9-28)33(44-23(2)36)31(22)45-34-30(37)32(41-20-25-12-16-27(39-4)17-13-25)29(21-42-34)40-19-24-10-14-26(38-3)15-11-24;1-17-13-42-29(46-30(35)31(32,33)34)27(44-18(2)36)25(17)45-28-24(37)26(41-15-20-7-11-22(39-4)12-8-20)23(16-43-28)40-14-19-5-9-21(38-3)10-6-19;1-2;;/h5-17,22,29-35,37H,18-21H2,1-4H3;5-12,17,23-29,35,37H,13-16H2,1-4H3;1-2H3;;. The minimum Gasteiger partial charge on any atom is -0.497 e. The van der Waals surface area contributed by atoms with Gasteiger partial charge in [0.1, 0.15) is 77.3 Å². The second kappa shape index (κ2) is 42.4. The molecule has 0 amide bonds. The van der Waals surface area contributed by atoms with Crippen LogP contribution < -0.4 is 18.9 Å². The average Bonchev–Trinajstić information content (AvgIpc) is 0.813. The molecule has 96 heavy (non-hydrogen) atoms. The van der Waals surface area contributed by atoms with Crippen LogP contribution in [0.2, 0.25) is 0 Å². The molecule has 0 saturated carbocycles. The monoisotopic (exact) mass is 1470 g/mol. The van der Waals surface area contributed by atoms with E-state index < -0.39 is 107 Å². The number of rotatable bonds is 25. The fraction of sp³-hybridized carbons (Fsp3) is 0.515. The molecule has 4 heterocycles. The van der Waals surface area contributed by atoms with Gasteiger partial charge in [0.2, 0.25) is 12.2 Å². The normalized spacial score (nSPS) is 27.0. The molecule has 22 nitrogen and oxygen atoms in total. The van der Waals surface area contributed by atoms with Crippen molar-refractivity contribution in [1.29, 1.82) is 5.41 Å². The van der Waals surface area contributed by atoms with Gasteiger partial charge >= 0.3 is 11.9 Å². The number of esters is 2. The van der Waals surface area contributed by atoms with E-state index in [4.69, 9.17) is 121 Å². The van der Waals surface area contributed by atoms with Crippen molar-refractivity contribution < 1.29 is 176 Å². The van der Waals surface area contributed by atoms with E-state index in [1.54, 1.807) is 35.4 Å². The summed E-state index contributed by atoms with van der Waals surface area (Å²) in [6, 6.07) is 39.6. The molecule has 0 spiro atoms. The Morgan fingerprint density at radius 1 is 0.479 bits per heavy atom. The molecule has 0 radical (unpaired) electrons. The average molecular weight is 1470 g/mol. The van der Waals surface area contributed by atoms with E-state index in [9.17, 15) is 19.8 Å². The molecule has 5 aromatic carbocycles. The molecule has 9 rings (SSSR count). The summed E-state index contributed by atoms with van der Waals surface area (Å²) in [6.07, 6.45) is -12.6.